The number of aromatic nitrogens is 2. The summed E-state index contributed by atoms with van der Waals surface area (Å²) in [5.41, 5.74) is 1.65. The average molecular weight is 430 g/mol. The quantitative estimate of drug-likeness (QED) is 0.458. The van der Waals surface area contributed by atoms with E-state index in [1.807, 2.05) is 24.4 Å². The van der Waals surface area contributed by atoms with E-state index in [2.05, 4.69) is 10.3 Å². The second-order valence-corrected chi connectivity index (χ2v) is 8.18. The second kappa shape index (κ2) is 9.53. The minimum Gasteiger partial charge on any atom is -0.452 e. The maximum Gasteiger partial charge on any atom is 0.339 e. The maximum atomic E-state index is 12.4. The fraction of sp³-hybridized carbons (Fsp3) is 0.200. The third-order valence-corrected chi connectivity index (χ3v) is 5.84. The molecule has 1 N–H and O–H groups in total. The Hall–Kier alpha value is -2.91. The number of thioether (sulfide) groups is 1. The van der Waals surface area contributed by atoms with Gasteiger partial charge in [0.15, 0.2) is 6.61 Å². The molecule has 7 nitrogen and oxygen atoms in total. The van der Waals surface area contributed by atoms with Crippen molar-refractivity contribution in [3.8, 4) is 0 Å². The smallest absolute Gasteiger partial charge is 0.339 e. The first-order chi connectivity index (χ1) is 13.9. The van der Waals surface area contributed by atoms with Crippen molar-refractivity contribution in [1.82, 2.24) is 14.9 Å². The molecule has 0 saturated carbocycles. The molecule has 0 aliphatic heterocycles. The van der Waals surface area contributed by atoms with Crippen LogP contribution in [0, 0.1) is 6.92 Å². The lowest BCUT2D eigenvalue weighted by Gasteiger charge is -2.09. The van der Waals surface area contributed by atoms with Crippen LogP contribution < -0.4 is 5.32 Å². The molecule has 0 unspecified atom stereocenters. The van der Waals surface area contributed by atoms with Crippen LogP contribution in [0.1, 0.15) is 31.5 Å². The molecule has 0 bridgehead atoms. The van der Waals surface area contributed by atoms with Gasteiger partial charge in [-0.1, -0.05) is 12.1 Å². The molecule has 2 amide bonds. The number of nitrogens with zero attached hydrogens (tertiary/aromatic N) is 2. The number of carbonyl (C=O) groups is 3. The SMILES string of the molecule is Cc1nc(CSc2ccccc2C(=O)OCC(=O)NC(=O)c2cccn2C)cs1. The monoisotopic (exact) mass is 429 g/mol. The summed E-state index contributed by atoms with van der Waals surface area (Å²) in [6, 6.07) is 10.3. The Balaban J connectivity index is 1.55. The molecule has 29 heavy (non-hydrogen) atoms. The Kier molecular flexibility index (Phi) is 6.84. The van der Waals surface area contributed by atoms with Crippen molar-refractivity contribution in [1.29, 1.82) is 0 Å². The van der Waals surface area contributed by atoms with Crippen molar-refractivity contribution >= 4 is 40.9 Å². The van der Waals surface area contributed by atoms with Gasteiger partial charge in [-0.25, -0.2) is 9.78 Å². The highest BCUT2D eigenvalue weighted by atomic mass is 32.2. The third-order valence-electron chi connectivity index (χ3n) is 3.91. The van der Waals surface area contributed by atoms with E-state index >= 15 is 0 Å². The summed E-state index contributed by atoms with van der Waals surface area (Å²) in [6.45, 7) is 1.40. The van der Waals surface area contributed by atoms with Crippen LogP contribution in [-0.4, -0.2) is 33.9 Å². The molecular formula is C20H19N3O4S2. The van der Waals surface area contributed by atoms with Crippen molar-refractivity contribution in [2.75, 3.05) is 6.61 Å². The zero-order valence-electron chi connectivity index (χ0n) is 15.9. The van der Waals surface area contributed by atoms with Crippen LogP contribution in [0.25, 0.3) is 0 Å². The largest absolute Gasteiger partial charge is 0.452 e. The number of ether oxygens (including phenoxy) is 1. The molecule has 3 rings (SSSR count). The number of carbonyl (C=O) groups excluding carboxylic acids is 3. The molecule has 0 aliphatic carbocycles. The Morgan fingerprint density at radius 2 is 2.00 bits per heavy atom. The number of rotatable bonds is 7. The van der Waals surface area contributed by atoms with Crippen LogP contribution in [0.15, 0.2) is 52.9 Å². The summed E-state index contributed by atoms with van der Waals surface area (Å²) < 4.78 is 6.69. The first-order valence-corrected chi connectivity index (χ1v) is 10.6. The topological polar surface area (TPSA) is 90.3 Å². The first-order valence-electron chi connectivity index (χ1n) is 8.69. The number of thiazole rings is 1. The lowest BCUT2D eigenvalue weighted by Crippen LogP contribution is -2.35. The third kappa shape index (κ3) is 5.55. The zero-order chi connectivity index (χ0) is 20.8. The van der Waals surface area contributed by atoms with Crippen LogP contribution >= 0.6 is 23.1 Å². The van der Waals surface area contributed by atoms with Crippen molar-refractivity contribution in [3.05, 3.63) is 69.9 Å². The number of hydrogen-bond donors (Lipinski definition) is 1. The van der Waals surface area contributed by atoms with Gasteiger partial charge in [0.05, 0.1) is 16.3 Å². The van der Waals surface area contributed by atoms with Gasteiger partial charge >= 0.3 is 5.97 Å². The summed E-state index contributed by atoms with van der Waals surface area (Å²) in [5.74, 6) is -1.23. The normalized spacial score (nSPS) is 10.6. The predicted octanol–water partition coefficient (Wildman–Crippen LogP) is 3.20. The van der Waals surface area contributed by atoms with Crippen molar-refractivity contribution in [2.45, 2.75) is 17.6 Å². The maximum absolute atomic E-state index is 12.4. The van der Waals surface area contributed by atoms with Crippen LogP contribution in [0.5, 0.6) is 0 Å². The number of esters is 1. The number of benzene rings is 1. The van der Waals surface area contributed by atoms with E-state index in [1.165, 1.54) is 11.8 Å². The molecule has 9 heteroatoms. The van der Waals surface area contributed by atoms with Gasteiger partial charge in [-0.2, -0.15) is 0 Å². The van der Waals surface area contributed by atoms with Gasteiger partial charge in [0, 0.05) is 29.3 Å². The van der Waals surface area contributed by atoms with Gasteiger partial charge in [-0.3, -0.25) is 14.9 Å². The molecule has 1 aromatic carbocycles. The van der Waals surface area contributed by atoms with E-state index in [0.29, 0.717) is 17.0 Å². The molecule has 0 saturated heterocycles. The molecule has 0 fully saturated rings. The molecule has 3 aromatic rings. The van der Waals surface area contributed by atoms with Gasteiger partial charge in [0.25, 0.3) is 11.8 Å². The average Bonchev–Trinajstić information content (AvgIpc) is 3.32. The standard InChI is InChI=1S/C20H19N3O4S2/c1-13-21-14(11-28-13)12-29-17-8-4-3-6-15(17)20(26)27-10-18(24)22-19(25)16-7-5-9-23(16)2/h3-9,11H,10,12H2,1-2H3,(H,22,24,25). The minimum absolute atomic E-state index is 0.337. The Bertz CT molecular complexity index is 1040. The van der Waals surface area contributed by atoms with Gasteiger partial charge in [-0.15, -0.1) is 23.1 Å². The predicted molar refractivity (Wildman–Crippen MR) is 111 cm³/mol. The van der Waals surface area contributed by atoms with E-state index in [1.54, 1.807) is 53.4 Å². The summed E-state index contributed by atoms with van der Waals surface area (Å²) in [7, 11) is 1.70. The molecule has 0 atom stereocenters. The van der Waals surface area contributed by atoms with Crippen LogP contribution in [-0.2, 0) is 22.3 Å². The molecule has 0 spiro atoms. The van der Waals surface area contributed by atoms with Gasteiger partial charge < -0.3 is 9.30 Å². The van der Waals surface area contributed by atoms with Gasteiger partial charge in [0.2, 0.25) is 0 Å². The number of nitrogens with one attached hydrogen (secondary N) is 1. The number of amides is 2. The van der Waals surface area contributed by atoms with E-state index in [-0.39, 0.29) is 0 Å². The van der Waals surface area contributed by atoms with Crippen molar-refractivity contribution in [3.63, 3.8) is 0 Å². The van der Waals surface area contributed by atoms with Crippen LogP contribution in [0.3, 0.4) is 0 Å². The molecule has 2 aromatic heterocycles. The van der Waals surface area contributed by atoms with Crippen molar-refractivity contribution in [2.24, 2.45) is 7.05 Å². The van der Waals surface area contributed by atoms with Crippen LogP contribution in [0.2, 0.25) is 0 Å². The molecule has 0 radical (unpaired) electrons. The highest BCUT2D eigenvalue weighted by Gasteiger charge is 2.17. The zero-order valence-corrected chi connectivity index (χ0v) is 17.5. The fourth-order valence-corrected chi connectivity index (χ4v) is 4.17. The summed E-state index contributed by atoms with van der Waals surface area (Å²) in [6.07, 6.45) is 1.70. The molecular weight excluding hydrogens is 410 g/mol. The van der Waals surface area contributed by atoms with E-state index < -0.39 is 24.4 Å². The van der Waals surface area contributed by atoms with E-state index in [4.69, 9.17) is 4.74 Å². The molecule has 150 valence electrons. The van der Waals surface area contributed by atoms with Crippen molar-refractivity contribution < 1.29 is 19.1 Å². The summed E-state index contributed by atoms with van der Waals surface area (Å²) in [4.78, 5) is 41.6. The van der Waals surface area contributed by atoms with E-state index in [0.717, 1.165) is 15.6 Å². The Morgan fingerprint density at radius 1 is 1.21 bits per heavy atom. The summed E-state index contributed by atoms with van der Waals surface area (Å²) >= 11 is 3.05. The molecule has 2 heterocycles. The van der Waals surface area contributed by atoms with E-state index in [9.17, 15) is 14.4 Å². The number of imide groups is 1. The fourth-order valence-electron chi connectivity index (χ4n) is 2.52. The lowest BCUT2D eigenvalue weighted by molar-refractivity contribution is -0.123. The minimum atomic E-state index is -0.687. The van der Waals surface area contributed by atoms with Gasteiger partial charge in [0.1, 0.15) is 5.69 Å². The highest BCUT2D eigenvalue weighted by Crippen LogP contribution is 2.27. The molecule has 0 aliphatic rings. The highest BCUT2D eigenvalue weighted by molar-refractivity contribution is 7.98. The van der Waals surface area contributed by atoms with Crippen LogP contribution in [0.4, 0.5) is 0 Å². The summed E-state index contributed by atoms with van der Waals surface area (Å²) in [5, 5.41) is 5.18. The number of hydrogen-bond acceptors (Lipinski definition) is 7. The number of aryl methyl sites for hydroxylation is 2. The lowest BCUT2D eigenvalue weighted by atomic mass is 10.2. The first kappa shape index (κ1) is 20.8. The Morgan fingerprint density at radius 3 is 2.69 bits per heavy atom. The Labute approximate surface area is 176 Å². The van der Waals surface area contributed by atoms with Gasteiger partial charge in [-0.05, 0) is 31.2 Å². The second-order valence-electron chi connectivity index (χ2n) is 6.10.